The van der Waals surface area contributed by atoms with Gasteiger partial charge in [0.1, 0.15) is 19.0 Å². The van der Waals surface area contributed by atoms with Gasteiger partial charge in [0.05, 0.1) is 28.1 Å². The van der Waals surface area contributed by atoms with Crippen LogP contribution < -0.4 is 15.4 Å². The van der Waals surface area contributed by atoms with Gasteiger partial charge >= 0.3 is 11.9 Å². The quantitative estimate of drug-likeness (QED) is 0.195. The average molecular weight is 538 g/mol. The molecule has 0 aromatic heterocycles. The molecule has 2 aromatic rings. The van der Waals surface area contributed by atoms with Gasteiger partial charge in [-0.05, 0) is 52.0 Å². The van der Waals surface area contributed by atoms with Crippen LogP contribution in [0, 0.1) is 10.1 Å². The van der Waals surface area contributed by atoms with Crippen LogP contribution in [0.15, 0.2) is 71.1 Å². The van der Waals surface area contributed by atoms with Crippen LogP contribution in [0.25, 0.3) is 0 Å². The minimum absolute atomic E-state index is 0.0260. The van der Waals surface area contributed by atoms with E-state index in [1.54, 1.807) is 58.0 Å². The Morgan fingerprint density at radius 3 is 2.18 bits per heavy atom. The van der Waals surface area contributed by atoms with Crippen molar-refractivity contribution in [3.05, 3.63) is 86.7 Å². The average Bonchev–Trinajstić information content (AvgIpc) is 2.86. The van der Waals surface area contributed by atoms with Crippen LogP contribution in [0.3, 0.4) is 0 Å². The number of nitro groups is 1. The molecule has 1 heterocycles. The molecule has 11 heteroatoms. The molecule has 2 aromatic carbocycles. The number of rotatable bonds is 10. The number of dihydropyridines is 1. The summed E-state index contributed by atoms with van der Waals surface area (Å²) in [5.41, 5.74) is 1.51. The minimum atomic E-state index is -1.09. The van der Waals surface area contributed by atoms with E-state index in [0.717, 1.165) is 0 Å². The maximum Gasteiger partial charge on any atom is 0.337 e. The fraction of sp³-hybridized carbons (Fsp3) is 0.321. The molecule has 3 rings (SSSR count). The topological polar surface area (TPSA) is 146 Å². The molecular formula is C28H31N3O8. The summed E-state index contributed by atoms with van der Waals surface area (Å²) < 4.78 is 16.5. The number of allylic oxidation sites excluding steroid dienone is 2. The fourth-order valence-corrected chi connectivity index (χ4v) is 4.23. The van der Waals surface area contributed by atoms with Crippen molar-refractivity contribution in [3.63, 3.8) is 0 Å². The zero-order valence-corrected chi connectivity index (χ0v) is 22.4. The number of nitrogens with zero attached hydrogens (tertiary/aromatic N) is 1. The van der Waals surface area contributed by atoms with Gasteiger partial charge < -0.3 is 24.8 Å². The predicted molar refractivity (Wildman–Crippen MR) is 143 cm³/mol. The molecule has 0 aliphatic carbocycles. The minimum Gasteiger partial charge on any atom is -0.490 e. The molecule has 11 nitrogen and oxygen atoms in total. The highest BCUT2D eigenvalue weighted by Gasteiger charge is 2.41. The van der Waals surface area contributed by atoms with Gasteiger partial charge in [0, 0.05) is 35.6 Å². The second-order valence-corrected chi connectivity index (χ2v) is 9.10. The lowest BCUT2D eigenvalue weighted by Gasteiger charge is -2.30. The molecule has 0 saturated heterocycles. The number of hydrogen-bond acceptors (Lipinski definition) is 9. The van der Waals surface area contributed by atoms with Crippen LogP contribution in [0.5, 0.6) is 5.75 Å². The zero-order valence-electron chi connectivity index (χ0n) is 22.4. The molecule has 1 atom stereocenters. The Bertz CT molecular complexity index is 1330. The highest BCUT2D eigenvalue weighted by Crippen LogP contribution is 2.42. The molecule has 1 amide bonds. The number of amides is 1. The summed E-state index contributed by atoms with van der Waals surface area (Å²) in [4.78, 5) is 49.0. The van der Waals surface area contributed by atoms with E-state index in [-0.39, 0.29) is 41.5 Å². The van der Waals surface area contributed by atoms with E-state index in [4.69, 9.17) is 14.2 Å². The van der Waals surface area contributed by atoms with Gasteiger partial charge in [-0.1, -0.05) is 18.2 Å². The number of benzene rings is 2. The normalized spacial score (nSPS) is 15.0. The van der Waals surface area contributed by atoms with Gasteiger partial charge in [-0.2, -0.15) is 0 Å². The summed E-state index contributed by atoms with van der Waals surface area (Å²) in [5, 5.41) is 17.5. The Kier molecular flexibility index (Phi) is 9.43. The summed E-state index contributed by atoms with van der Waals surface area (Å²) >= 11 is 0. The lowest BCUT2D eigenvalue weighted by Crippen LogP contribution is -2.33. The van der Waals surface area contributed by atoms with E-state index >= 15 is 0 Å². The summed E-state index contributed by atoms with van der Waals surface area (Å²) in [6.45, 7) is 7.97. The van der Waals surface area contributed by atoms with Crippen molar-refractivity contribution in [2.75, 3.05) is 18.5 Å². The van der Waals surface area contributed by atoms with Crippen LogP contribution in [0.2, 0.25) is 0 Å². The van der Waals surface area contributed by atoms with Gasteiger partial charge in [0.15, 0.2) is 0 Å². The number of ether oxygens (including phenoxy) is 3. The fourth-order valence-electron chi connectivity index (χ4n) is 4.23. The number of hydrogen-bond donors (Lipinski definition) is 2. The smallest absolute Gasteiger partial charge is 0.337 e. The molecule has 0 fully saturated rings. The number of esters is 2. The van der Waals surface area contributed by atoms with E-state index in [2.05, 4.69) is 10.6 Å². The monoisotopic (exact) mass is 537 g/mol. The van der Waals surface area contributed by atoms with Crippen molar-refractivity contribution in [2.45, 2.75) is 46.6 Å². The van der Waals surface area contributed by atoms with Crippen molar-refractivity contribution in [2.24, 2.45) is 0 Å². The summed E-state index contributed by atoms with van der Waals surface area (Å²) in [7, 11) is 0. The molecule has 39 heavy (non-hydrogen) atoms. The Hall–Kier alpha value is -4.67. The van der Waals surface area contributed by atoms with E-state index < -0.39 is 28.9 Å². The number of nitrogens with one attached hydrogen (secondary N) is 2. The largest absolute Gasteiger partial charge is 0.490 e. The second-order valence-electron chi connectivity index (χ2n) is 9.10. The molecule has 0 unspecified atom stereocenters. The molecule has 1 aliphatic rings. The molecule has 0 radical (unpaired) electrons. The number of nitro benzene ring substituents is 1. The van der Waals surface area contributed by atoms with Gasteiger partial charge in [-0.3, -0.25) is 14.9 Å². The number of carbonyl (C=O) groups is 3. The highest BCUT2D eigenvalue weighted by molar-refractivity contribution is 6.00. The van der Waals surface area contributed by atoms with Crippen molar-refractivity contribution >= 4 is 29.2 Å². The van der Waals surface area contributed by atoms with Crippen LogP contribution >= 0.6 is 0 Å². The van der Waals surface area contributed by atoms with Gasteiger partial charge in [0.25, 0.3) is 5.69 Å². The lowest BCUT2D eigenvalue weighted by molar-refractivity contribution is -0.385. The van der Waals surface area contributed by atoms with Gasteiger partial charge in [-0.15, -0.1) is 0 Å². The molecule has 2 N–H and O–H groups in total. The third-order valence-electron chi connectivity index (χ3n) is 5.75. The van der Waals surface area contributed by atoms with E-state index in [9.17, 15) is 24.5 Å². The van der Waals surface area contributed by atoms with Gasteiger partial charge in [0.2, 0.25) is 5.91 Å². The third kappa shape index (κ3) is 7.22. The Balaban J connectivity index is 1.84. The highest BCUT2D eigenvalue weighted by atomic mass is 16.6. The first-order valence-corrected chi connectivity index (χ1v) is 12.3. The van der Waals surface area contributed by atoms with Crippen LogP contribution in [-0.4, -0.2) is 42.1 Å². The maximum absolute atomic E-state index is 13.4. The number of para-hydroxylation sites is 1. The summed E-state index contributed by atoms with van der Waals surface area (Å²) in [6, 6.07) is 12.6. The molecular weight excluding hydrogens is 506 g/mol. The Morgan fingerprint density at radius 1 is 0.974 bits per heavy atom. The molecule has 206 valence electrons. The SMILES string of the molecule is CC(=O)Nc1ccc(OCCOC(=O)C2=C(C)NC(C)=C(C(=O)OC(C)C)[C@H]2c2ccccc2[N+](=O)[O-])cc1. The molecule has 0 spiro atoms. The molecule has 1 aliphatic heterocycles. The molecule has 0 saturated carbocycles. The van der Waals surface area contributed by atoms with Crippen LogP contribution in [0.1, 0.15) is 46.1 Å². The summed E-state index contributed by atoms with van der Waals surface area (Å²) in [6.07, 6.45) is -0.448. The predicted octanol–water partition coefficient (Wildman–Crippen LogP) is 4.36. The first-order valence-electron chi connectivity index (χ1n) is 12.3. The van der Waals surface area contributed by atoms with Crippen LogP contribution in [-0.2, 0) is 23.9 Å². The number of anilines is 1. The summed E-state index contributed by atoms with van der Waals surface area (Å²) in [5.74, 6) is -2.22. The first-order chi connectivity index (χ1) is 18.5. The maximum atomic E-state index is 13.4. The third-order valence-corrected chi connectivity index (χ3v) is 5.75. The van der Waals surface area contributed by atoms with Crippen molar-refractivity contribution in [3.8, 4) is 5.75 Å². The van der Waals surface area contributed by atoms with E-state index in [1.165, 1.54) is 25.1 Å². The second kappa shape index (κ2) is 12.7. The van der Waals surface area contributed by atoms with Crippen molar-refractivity contribution in [1.29, 1.82) is 0 Å². The van der Waals surface area contributed by atoms with E-state index in [0.29, 0.717) is 22.8 Å². The Morgan fingerprint density at radius 2 is 1.59 bits per heavy atom. The zero-order chi connectivity index (χ0) is 28.7. The van der Waals surface area contributed by atoms with Crippen molar-refractivity contribution in [1.82, 2.24) is 5.32 Å². The van der Waals surface area contributed by atoms with E-state index in [1.807, 2.05) is 0 Å². The van der Waals surface area contributed by atoms with Gasteiger partial charge in [-0.25, -0.2) is 9.59 Å². The standard InChI is InChI=1S/C28H31N3O8/c1-16(2)39-28(34)25-18(4)29-17(3)24(26(25)22-8-6-7-9-23(22)31(35)36)27(33)38-15-14-37-21-12-10-20(11-13-21)30-19(5)32/h6-13,16,26,29H,14-15H2,1-5H3,(H,30,32)/t26-/m0/s1. The lowest BCUT2D eigenvalue weighted by atomic mass is 9.79. The first kappa shape index (κ1) is 28.9. The molecule has 0 bridgehead atoms. The Labute approximate surface area is 226 Å². The van der Waals surface area contributed by atoms with Crippen molar-refractivity contribution < 1.29 is 33.5 Å². The number of carbonyl (C=O) groups excluding carboxylic acids is 3. The van der Waals surface area contributed by atoms with Crippen LogP contribution in [0.4, 0.5) is 11.4 Å².